The largest absolute Gasteiger partial charge is 0.492 e. The Morgan fingerprint density at radius 1 is 1.03 bits per heavy atom. The number of nitrogens with one attached hydrogen (secondary N) is 1. The Hall–Kier alpha value is -3.43. The van der Waals surface area contributed by atoms with Gasteiger partial charge in [0.25, 0.3) is 5.91 Å². The van der Waals surface area contributed by atoms with E-state index in [9.17, 15) is 18.0 Å². The predicted molar refractivity (Wildman–Crippen MR) is 121 cm³/mol. The lowest BCUT2D eigenvalue weighted by Crippen LogP contribution is -2.40. The number of hydrogen-bond acceptors (Lipinski definition) is 5. The van der Waals surface area contributed by atoms with E-state index in [4.69, 9.17) is 4.74 Å². The number of nitrogens with zero attached hydrogens (tertiary/aromatic N) is 2. The number of sulfonamides is 1. The third-order valence-electron chi connectivity index (χ3n) is 5.25. The van der Waals surface area contributed by atoms with Crippen molar-refractivity contribution in [2.75, 3.05) is 38.7 Å². The highest BCUT2D eigenvalue weighted by molar-refractivity contribution is 7.89. The van der Waals surface area contributed by atoms with E-state index in [0.29, 0.717) is 11.3 Å². The molecule has 1 aliphatic heterocycles. The molecule has 0 aliphatic carbocycles. The first-order valence-corrected chi connectivity index (χ1v) is 11.5. The minimum Gasteiger partial charge on any atom is -0.492 e. The van der Waals surface area contributed by atoms with Crippen LogP contribution < -0.4 is 15.0 Å². The number of ether oxygens (including phenoxy) is 1. The monoisotopic (exact) mass is 453 g/mol. The number of benzene rings is 3. The van der Waals surface area contributed by atoms with Crippen LogP contribution in [0.5, 0.6) is 5.75 Å². The van der Waals surface area contributed by atoms with Crippen LogP contribution in [0.15, 0.2) is 65.6 Å². The first kappa shape index (κ1) is 21.8. The number of carbonyl (C=O) groups excluding carboxylic acids is 2. The Morgan fingerprint density at radius 2 is 1.72 bits per heavy atom. The van der Waals surface area contributed by atoms with Crippen molar-refractivity contribution in [3.8, 4) is 5.75 Å². The Balaban J connectivity index is 1.30. The molecule has 0 unspecified atom stereocenters. The third-order valence-corrected chi connectivity index (χ3v) is 7.08. The molecule has 0 atom stereocenters. The zero-order valence-corrected chi connectivity index (χ0v) is 18.6. The molecule has 2 amide bonds. The van der Waals surface area contributed by atoms with Gasteiger partial charge in [-0.1, -0.05) is 24.3 Å². The lowest BCUT2D eigenvalue weighted by atomic mass is 10.1. The molecule has 32 heavy (non-hydrogen) atoms. The molecule has 0 radical (unpaired) electrons. The molecule has 4 rings (SSSR count). The van der Waals surface area contributed by atoms with E-state index in [0.717, 1.165) is 20.8 Å². The highest BCUT2D eigenvalue weighted by atomic mass is 32.2. The van der Waals surface area contributed by atoms with Crippen LogP contribution in [0, 0.1) is 0 Å². The molecule has 1 heterocycles. The van der Waals surface area contributed by atoms with E-state index in [-0.39, 0.29) is 36.4 Å². The molecular formula is C23H23N3O5S. The second-order valence-corrected chi connectivity index (χ2v) is 9.68. The molecule has 0 saturated carbocycles. The maximum Gasteiger partial charge on any atom is 0.259 e. The molecule has 3 aromatic rings. The van der Waals surface area contributed by atoms with Gasteiger partial charge in [0.1, 0.15) is 18.9 Å². The maximum atomic E-state index is 12.7. The highest BCUT2D eigenvalue weighted by Gasteiger charge is 2.30. The summed E-state index contributed by atoms with van der Waals surface area (Å²) in [5.41, 5.74) is 1.34. The van der Waals surface area contributed by atoms with Crippen LogP contribution in [0.25, 0.3) is 10.8 Å². The number of amides is 2. The lowest BCUT2D eigenvalue weighted by Gasteiger charge is -2.17. The number of hydrogen-bond donors (Lipinski definition) is 1. The summed E-state index contributed by atoms with van der Waals surface area (Å²) >= 11 is 0. The van der Waals surface area contributed by atoms with Gasteiger partial charge in [0.15, 0.2) is 0 Å². The molecule has 166 valence electrons. The highest BCUT2D eigenvalue weighted by Crippen LogP contribution is 2.36. The van der Waals surface area contributed by atoms with Crippen molar-refractivity contribution in [3.63, 3.8) is 0 Å². The molecule has 1 N–H and O–H groups in total. The van der Waals surface area contributed by atoms with Gasteiger partial charge >= 0.3 is 0 Å². The zero-order chi connectivity index (χ0) is 22.9. The van der Waals surface area contributed by atoms with Crippen molar-refractivity contribution in [2.24, 2.45) is 0 Å². The summed E-state index contributed by atoms with van der Waals surface area (Å²) in [6.45, 7) is 0.370. The number of anilines is 1. The summed E-state index contributed by atoms with van der Waals surface area (Å²) in [5, 5.41) is 4.59. The van der Waals surface area contributed by atoms with E-state index >= 15 is 0 Å². The predicted octanol–water partition coefficient (Wildman–Crippen LogP) is 2.25. The molecule has 9 heteroatoms. The van der Waals surface area contributed by atoms with Gasteiger partial charge in [0, 0.05) is 25.0 Å². The summed E-state index contributed by atoms with van der Waals surface area (Å²) < 4.78 is 30.9. The smallest absolute Gasteiger partial charge is 0.259 e. The van der Waals surface area contributed by atoms with E-state index in [1.807, 2.05) is 30.3 Å². The standard InChI is InChI=1S/C23H23N3O5S/c1-25(2)32(29,30)18-11-9-17(10-12-18)31-14-13-24-21(27)15-26-20-8-4-6-16-5-3-7-19(22(16)20)23(26)28/h3-12H,13-15H2,1-2H3,(H,24,27). The van der Waals surface area contributed by atoms with Crippen molar-refractivity contribution in [1.29, 1.82) is 0 Å². The fourth-order valence-corrected chi connectivity index (χ4v) is 4.52. The molecule has 0 fully saturated rings. The third kappa shape index (κ3) is 4.04. The van der Waals surface area contributed by atoms with Crippen LogP contribution in [0.3, 0.4) is 0 Å². The lowest BCUT2D eigenvalue weighted by molar-refractivity contribution is -0.119. The summed E-state index contributed by atoms with van der Waals surface area (Å²) in [6.07, 6.45) is 0. The van der Waals surface area contributed by atoms with Gasteiger partial charge in [-0.3, -0.25) is 14.5 Å². The minimum atomic E-state index is -3.49. The zero-order valence-electron chi connectivity index (χ0n) is 17.7. The average Bonchev–Trinajstić information content (AvgIpc) is 3.05. The van der Waals surface area contributed by atoms with Gasteiger partial charge in [-0.05, 0) is 41.8 Å². The second-order valence-electron chi connectivity index (χ2n) is 7.53. The summed E-state index contributed by atoms with van der Waals surface area (Å²) in [5.74, 6) is 0.0175. The Kier molecular flexibility index (Phi) is 5.86. The fraction of sp³-hybridized carbons (Fsp3) is 0.217. The van der Waals surface area contributed by atoms with Crippen molar-refractivity contribution in [1.82, 2.24) is 9.62 Å². The van der Waals surface area contributed by atoms with Crippen LogP contribution in [0.1, 0.15) is 10.4 Å². The number of carbonyl (C=O) groups is 2. The first-order chi connectivity index (χ1) is 15.3. The summed E-state index contributed by atoms with van der Waals surface area (Å²) in [6, 6.07) is 17.3. The van der Waals surface area contributed by atoms with Gasteiger partial charge < -0.3 is 10.1 Å². The van der Waals surface area contributed by atoms with Crippen LogP contribution in [-0.2, 0) is 14.8 Å². The van der Waals surface area contributed by atoms with E-state index in [1.54, 1.807) is 18.2 Å². The van der Waals surface area contributed by atoms with Gasteiger partial charge in [-0.25, -0.2) is 12.7 Å². The minimum absolute atomic E-state index is 0.0796. The fourth-order valence-electron chi connectivity index (χ4n) is 3.61. The van der Waals surface area contributed by atoms with Gasteiger partial charge in [-0.2, -0.15) is 0 Å². The van der Waals surface area contributed by atoms with Crippen molar-refractivity contribution in [2.45, 2.75) is 4.90 Å². The van der Waals surface area contributed by atoms with Crippen molar-refractivity contribution < 1.29 is 22.7 Å². The van der Waals surface area contributed by atoms with Crippen molar-refractivity contribution >= 4 is 38.3 Å². The number of rotatable bonds is 8. The van der Waals surface area contributed by atoms with Crippen molar-refractivity contribution in [3.05, 3.63) is 66.2 Å². The maximum absolute atomic E-state index is 12.7. The first-order valence-electron chi connectivity index (χ1n) is 10.0. The molecule has 0 aromatic heterocycles. The normalized spacial score (nSPS) is 13.1. The molecule has 8 nitrogen and oxygen atoms in total. The Morgan fingerprint density at radius 3 is 2.41 bits per heavy atom. The van der Waals surface area contributed by atoms with Crippen LogP contribution >= 0.6 is 0 Å². The second kappa shape index (κ2) is 8.60. The topological polar surface area (TPSA) is 96.0 Å². The Bertz CT molecular complexity index is 1280. The van der Waals surface area contributed by atoms with Crippen LogP contribution in [0.4, 0.5) is 5.69 Å². The van der Waals surface area contributed by atoms with Crippen LogP contribution in [0.2, 0.25) is 0 Å². The van der Waals surface area contributed by atoms with E-state index < -0.39 is 10.0 Å². The molecule has 0 saturated heterocycles. The van der Waals surface area contributed by atoms with E-state index in [1.165, 1.54) is 31.1 Å². The summed E-state index contributed by atoms with van der Waals surface area (Å²) in [4.78, 5) is 26.8. The molecular weight excluding hydrogens is 430 g/mol. The Labute approximate surface area is 186 Å². The molecule has 3 aromatic carbocycles. The summed E-state index contributed by atoms with van der Waals surface area (Å²) in [7, 11) is -0.552. The van der Waals surface area contributed by atoms with Gasteiger partial charge in [-0.15, -0.1) is 0 Å². The molecule has 1 aliphatic rings. The molecule has 0 bridgehead atoms. The quantitative estimate of drug-likeness (QED) is 0.528. The average molecular weight is 454 g/mol. The van der Waals surface area contributed by atoms with Crippen LogP contribution in [-0.4, -0.2) is 58.3 Å². The SMILES string of the molecule is CN(C)S(=O)(=O)c1ccc(OCCNC(=O)CN2C(=O)c3cccc4cccc2c34)cc1. The van der Waals surface area contributed by atoms with E-state index in [2.05, 4.69) is 5.32 Å². The molecule has 0 spiro atoms. The van der Waals surface area contributed by atoms with Gasteiger partial charge in [0.2, 0.25) is 15.9 Å². The van der Waals surface area contributed by atoms with Gasteiger partial charge in [0.05, 0.1) is 17.1 Å².